The Balaban J connectivity index is 1.27. The lowest BCUT2D eigenvalue weighted by molar-refractivity contribution is 0.623. The second-order valence-electron chi connectivity index (χ2n) is 12.8. The molecule has 0 aliphatic heterocycles. The Morgan fingerprint density at radius 2 is 1.19 bits per heavy atom. The van der Waals surface area contributed by atoms with E-state index >= 15 is 0 Å². The molecule has 7 aromatic carbocycles. The molecular formula is C44H32N2O. The molecule has 9 rings (SSSR count). The predicted molar refractivity (Wildman–Crippen MR) is 195 cm³/mol. The Morgan fingerprint density at radius 3 is 2.02 bits per heavy atom. The maximum atomic E-state index is 6.48. The second-order valence-corrected chi connectivity index (χ2v) is 12.8. The van der Waals surface area contributed by atoms with Gasteiger partial charge in [0.25, 0.3) is 0 Å². The number of hydrogen-bond acceptors (Lipinski definition) is 3. The van der Waals surface area contributed by atoms with Gasteiger partial charge in [-0.05, 0) is 88.0 Å². The Morgan fingerprint density at radius 1 is 0.511 bits per heavy atom. The van der Waals surface area contributed by atoms with Gasteiger partial charge >= 0.3 is 0 Å². The van der Waals surface area contributed by atoms with E-state index in [1.807, 2.05) is 30.3 Å². The first-order chi connectivity index (χ1) is 23.1. The van der Waals surface area contributed by atoms with Crippen molar-refractivity contribution < 1.29 is 4.42 Å². The minimum Gasteiger partial charge on any atom is -0.435 e. The van der Waals surface area contributed by atoms with E-state index in [9.17, 15) is 0 Å². The van der Waals surface area contributed by atoms with E-state index in [2.05, 4.69) is 146 Å². The summed E-state index contributed by atoms with van der Waals surface area (Å²) in [6.45, 7) is 4.68. The van der Waals surface area contributed by atoms with Crippen LogP contribution in [0.15, 0.2) is 162 Å². The highest BCUT2D eigenvalue weighted by Crippen LogP contribution is 2.51. The van der Waals surface area contributed by atoms with E-state index < -0.39 is 0 Å². The highest BCUT2D eigenvalue weighted by molar-refractivity contribution is 6.10. The molecule has 1 aliphatic carbocycles. The summed E-state index contributed by atoms with van der Waals surface area (Å²) in [6, 6.07) is 56.1. The smallest absolute Gasteiger partial charge is 0.227 e. The van der Waals surface area contributed by atoms with Crippen molar-refractivity contribution in [3.05, 3.63) is 169 Å². The number of oxazole rings is 1. The van der Waals surface area contributed by atoms with Crippen LogP contribution >= 0.6 is 0 Å². The number of aromatic nitrogens is 1. The van der Waals surface area contributed by atoms with Crippen LogP contribution in [0.3, 0.4) is 0 Å². The van der Waals surface area contributed by atoms with E-state index in [4.69, 9.17) is 9.40 Å². The molecule has 0 unspecified atom stereocenters. The van der Waals surface area contributed by atoms with Gasteiger partial charge in [-0.3, -0.25) is 0 Å². The Kier molecular flexibility index (Phi) is 6.16. The van der Waals surface area contributed by atoms with Crippen LogP contribution in [0.25, 0.3) is 55.6 Å². The molecule has 0 bridgehead atoms. The molecule has 3 heteroatoms. The van der Waals surface area contributed by atoms with E-state index in [1.54, 1.807) is 0 Å². The average Bonchev–Trinajstić information content (AvgIpc) is 3.67. The van der Waals surface area contributed by atoms with Crippen molar-refractivity contribution in [2.45, 2.75) is 19.3 Å². The first-order valence-corrected chi connectivity index (χ1v) is 16.1. The quantitative estimate of drug-likeness (QED) is 0.196. The van der Waals surface area contributed by atoms with Crippen LogP contribution in [0.2, 0.25) is 0 Å². The summed E-state index contributed by atoms with van der Waals surface area (Å²) in [4.78, 5) is 7.26. The van der Waals surface area contributed by atoms with Gasteiger partial charge < -0.3 is 9.32 Å². The van der Waals surface area contributed by atoms with Crippen molar-refractivity contribution >= 4 is 38.9 Å². The average molecular weight is 605 g/mol. The van der Waals surface area contributed by atoms with Crippen molar-refractivity contribution in [3.8, 4) is 33.7 Å². The van der Waals surface area contributed by atoms with E-state index in [1.165, 1.54) is 33.4 Å². The summed E-state index contributed by atoms with van der Waals surface area (Å²) < 4.78 is 6.48. The van der Waals surface area contributed by atoms with E-state index in [0.717, 1.165) is 44.5 Å². The summed E-state index contributed by atoms with van der Waals surface area (Å²) in [5.41, 5.74) is 13.5. The molecule has 8 aromatic rings. The third-order valence-corrected chi connectivity index (χ3v) is 9.69. The standard InChI is InChI=1S/C44H32N2O/c1-44(2)38-21-10-9-19-34(38)35-24-23-33(28-39(35)44)46(32-18-11-17-31(27-32)29-13-5-3-6-14-29)41-22-12-20-37-36(41)25-26-40-42(37)47-43(45-40)30-15-7-4-8-16-30/h3-28H,1-2H3. The van der Waals surface area contributed by atoms with Crippen molar-refractivity contribution in [2.75, 3.05) is 4.90 Å². The molecule has 0 saturated heterocycles. The van der Waals surface area contributed by atoms with E-state index in [-0.39, 0.29) is 5.41 Å². The Labute approximate surface area is 274 Å². The molecule has 0 amide bonds. The van der Waals surface area contributed by atoms with Gasteiger partial charge in [-0.1, -0.05) is 117 Å². The van der Waals surface area contributed by atoms with E-state index in [0.29, 0.717) is 5.89 Å². The van der Waals surface area contributed by atoms with Gasteiger partial charge in [0.2, 0.25) is 5.89 Å². The molecular weight excluding hydrogens is 572 g/mol. The third-order valence-electron chi connectivity index (χ3n) is 9.69. The monoisotopic (exact) mass is 604 g/mol. The normalized spacial score (nSPS) is 13.1. The highest BCUT2D eigenvalue weighted by Gasteiger charge is 2.35. The fourth-order valence-electron chi connectivity index (χ4n) is 7.34. The molecule has 3 nitrogen and oxygen atoms in total. The largest absolute Gasteiger partial charge is 0.435 e. The zero-order valence-electron chi connectivity index (χ0n) is 26.3. The molecule has 0 spiro atoms. The minimum atomic E-state index is -0.113. The van der Waals surface area contributed by atoms with Crippen LogP contribution in [-0.4, -0.2) is 4.98 Å². The highest BCUT2D eigenvalue weighted by atomic mass is 16.3. The fraction of sp³-hybridized carbons (Fsp3) is 0.0682. The Hall–Kier alpha value is -5.93. The van der Waals surface area contributed by atoms with Crippen molar-refractivity contribution in [1.82, 2.24) is 4.98 Å². The second kappa shape index (κ2) is 10.6. The van der Waals surface area contributed by atoms with Gasteiger partial charge in [0, 0.05) is 33.1 Å². The summed E-state index contributed by atoms with van der Waals surface area (Å²) in [7, 11) is 0. The van der Waals surface area contributed by atoms with Crippen LogP contribution in [-0.2, 0) is 5.41 Å². The molecule has 1 heterocycles. The van der Waals surface area contributed by atoms with Crippen LogP contribution in [0.4, 0.5) is 17.1 Å². The van der Waals surface area contributed by atoms with Gasteiger partial charge in [-0.25, -0.2) is 4.98 Å². The fourth-order valence-corrected chi connectivity index (χ4v) is 7.34. The summed E-state index contributed by atoms with van der Waals surface area (Å²) >= 11 is 0. The first kappa shape index (κ1) is 27.4. The molecule has 0 N–H and O–H groups in total. The van der Waals surface area contributed by atoms with Crippen LogP contribution in [0.1, 0.15) is 25.0 Å². The van der Waals surface area contributed by atoms with Gasteiger partial charge in [0.1, 0.15) is 5.52 Å². The number of hydrogen-bond donors (Lipinski definition) is 0. The van der Waals surface area contributed by atoms with Gasteiger partial charge in [-0.2, -0.15) is 0 Å². The summed E-state index contributed by atoms with van der Waals surface area (Å²) in [5.74, 6) is 0.631. The SMILES string of the molecule is CC1(C)c2ccccc2-c2ccc(N(c3cccc(-c4ccccc4)c3)c3cccc4c3ccc3nc(-c5ccccc5)oc34)cc21. The van der Waals surface area contributed by atoms with Crippen molar-refractivity contribution in [2.24, 2.45) is 0 Å². The number of anilines is 3. The molecule has 1 aromatic heterocycles. The Bertz CT molecular complexity index is 2440. The minimum absolute atomic E-state index is 0.113. The van der Waals surface area contributed by atoms with Crippen molar-refractivity contribution in [3.63, 3.8) is 0 Å². The number of nitrogens with zero attached hydrogens (tertiary/aromatic N) is 2. The molecule has 0 atom stereocenters. The van der Waals surface area contributed by atoms with Gasteiger partial charge in [0.15, 0.2) is 5.58 Å². The zero-order chi connectivity index (χ0) is 31.5. The lowest BCUT2D eigenvalue weighted by atomic mass is 9.82. The van der Waals surface area contributed by atoms with Gasteiger partial charge in [-0.15, -0.1) is 0 Å². The molecule has 47 heavy (non-hydrogen) atoms. The lowest BCUT2D eigenvalue weighted by Crippen LogP contribution is -2.16. The van der Waals surface area contributed by atoms with Crippen LogP contribution in [0.5, 0.6) is 0 Å². The van der Waals surface area contributed by atoms with Crippen LogP contribution < -0.4 is 4.90 Å². The molecule has 0 saturated carbocycles. The molecule has 1 aliphatic rings. The number of fused-ring (bicyclic) bond motifs is 6. The maximum absolute atomic E-state index is 6.48. The molecule has 0 radical (unpaired) electrons. The lowest BCUT2D eigenvalue weighted by Gasteiger charge is -2.29. The summed E-state index contributed by atoms with van der Waals surface area (Å²) in [6.07, 6.45) is 0. The zero-order valence-corrected chi connectivity index (χ0v) is 26.3. The molecule has 0 fully saturated rings. The number of benzene rings is 7. The molecule has 224 valence electrons. The summed E-state index contributed by atoms with van der Waals surface area (Å²) in [5, 5.41) is 2.14. The maximum Gasteiger partial charge on any atom is 0.227 e. The third kappa shape index (κ3) is 4.39. The van der Waals surface area contributed by atoms with Crippen molar-refractivity contribution in [1.29, 1.82) is 0 Å². The van der Waals surface area contributed by atoms with Gasteiger partial charge in [0.05, 0.1) is 5.69 Å². The number of rotatable bonds is 5. The topological polar surface area (TPSA) is 29.3 Å². The predicted octanol–water partition coefficient (Wildman–Crippen LogP) is 12.1. The van der Waals surface area contributed by atoms with Crippen LogP contribution in [0, 0.1) is 0 Å². The first-order valence-electron chi connectivity index (χ1n) is 16.1.